The van der Waals surface area contributed by atoms with Crippen LogP contribution in [-0.4, -0.2) is 13.0 Å². The molecule has 0 heterocycles. The van der Waals surface area contributed by atoms with Crippen molar-refractivity contribution in [2.24, 2.45) is 0 Å². The van der Waals surface area contributed by atoms with Gasteiger partial charge >= 0.3 is 0 Å². The van der Waals surface area contributed by atoms with Crippen LogP contribution in [0.1, 0.15) is 10.4 Å². The molecule has 0 aliphatic carbocycles. The molecule has 0 radical (unpaired) electrons. The Morgan fingerprint density at radius 1 is 1.20 bits per heavy atom. The summed E-state index contributed by atoms with van der Waals surface area (Å²) in [4.78, 5) is 11.9. The van der Waals surface area contributed by atoms with Crippen LogP contribution in [0, 0.1) is 11.6 Å². The molecule has 1 amide bonds. The summed E-state index contributed by atoms with van der Waals surface area (Å²) in [5.74, 6) is -1.53. The molecule has 0 unspecified atom stereocenters. The summed E-state index contributed by atoms with van der Waals surface area (Å²) < 4.78 is 31.4. The third-order valence-corrected chi connectivity index (χ3v) is 2.67. The Morgan fingerprint density at radius 3 is 2.60 bits per heavy atom. The quantitative estimate of drug-likeness (QED) is 0.848. The summed E-state index contributed by atoms with van der Waals surface area (Å²) in [5, 5.41) is 2.28. The van der Waals surface area contributed by atoms with Crippen LogP contribution in [0.3, 0.4) is 0 Å². The van der Waals surface area contributed by atoms with Gasteiger partial charge in [-0.3, -0.25) is 4.79 Å². The summed E-state index contributed by atoms with van der Waals surface area (Å²) in [5.41, 5.74) is 5.94. The van der Waals surface area contributed by atoms with Crippen molar-refractivity contribution >= 4 is 17.3 Å². The van der Waals surface area contributed by atoms with Crippen molar-refractivity contribution in [3.8, 4) is 5.75 Å². The van der Waals surface area contributed by atoms with Gasteiger partial charge in [-0.2, -0.15) is 0 Å². The van der Waals surface area contributed by atoms with Crippen molar-refractivity contribution in [2.75, 3.05) is 18.2 Å². The largest absolute Gasteiger partial charge is 0.495 e. The van der Waals surface area contributed by atoms with Crippen LogP contribution >= 0.6 is 0 Å². The zero-order valence-electron chi connectivity index (χ0n) is 10.6. The number of nitrogen functional groups attached to an aromatic ring is 1. The van der Waals surface area contributed by atoms with E-state index in [2.05, 4.69) is 5.32 Å². The van der Waals surface area contributed by atoms with E-state index in [-0.39, 0.29) is 16.9 Å². The molecule has 0 saturated heterocycles. The molecule has 2 rings (SSSR count). The number of methoxy groups -OCH3 is 1. The maximum atomic E-state index is 13.4. The number of halogens is 2. The predicted octanol–water partition coefficient (Wildman–Crippen LogP) is 2.81. The maximum absolute atomic E-state index is 13.4. The molecule has 0 aliphatic heterocycles. The van der Waals surface area contributed by atoms with Gasteiger partial charge in [0.25, 0.3) is 5.91 Å². The number of ether oxygens (including phenoxy) is 1. The molecule has 0 atom stereocenters. The fourth-order valence-electron chi connectivity index (χ4n) is 1.66. The molecule has 0 saturated carbocycles. The molecule has 0 aliphatic rings. The van der Waals surface area contributed by atoms with Crippen LogP contribution in [0.15, 0.2) is 36.4 Å². The number of amides is 1. The minimum Gasteiger partial charge on any atom is -0.495 e. The van der Waals surface area contributed by atoms with E-state index >= 15 is 0 Å². The Bertz CT molecular complexity index is 660. The SMILES string of the molecule is COc1ccc(C(=O)Nc2cc(F)ccc2F)cc1N. The first-order valence-corrected chi connectivity index (χ1v) is 5.71. The van der Waals surface area contributed by atoms with Crippen LogP contribution in [0.5, 0.6) is 5.75 Å². The Balaban J connectivity index is 2.24. The number of hydrogen-bond acceptors (Lipinski definition) is 3. The van der Waals surface area contributed by atoms with Gasteiger partial charge in [-0.05, 0) is 30.3 Å². The fourth-order valence-corrected chi connectivity index (χ4v) is 1.66. The predicted molar refractivity (Wildman–Crippen MR) is 71.7 cm³/mol. The van der Waals surface area contributed by atoms with Crippen molar-refractivity contribution in [3.05, 3.63) is 53.6 Å². The second-order valence-corrected chi connectivity index (χ2v) is 4.04. The smallest absolute Gasteiger partial charge is 0.255 e. The molecule has 4 nitrogen and oxygen atoms in total. The molecule has 2 aromatic rings. The van der Waals surface area contributed by atoms with Gasteiger partial charge in [-0.1, -0.05) is 0 Å². The number of rotatable bonds is 3. The highest BCUT2D eigenvalue weighted by Gasteiger charge is 2.12. The molecule has 0 aromatic heterocycles. The Hall–Kier alpha value is -2.63. The van der Waals surface area contributed by atoms with Gasteiger partial charge in [0.15, 0.2) is 0 Å². The second-order valence-electron chi connectivity index (χ2n) is 4.04. The standard InChI is InChI=1S/C14H12F2N2O2/c1-20-13-5-2-8(6-11(13)17)14(19)18-12-7-9(15)3-4-10(12)16/h2-7H,17H2,1H3,(H,18,19). The third-order valence-electron chi connectivity index (χ3n) is 2.67. The summed E-state index contributed by atoms with van der Waals surface area (Å²) in [6, 6.07) is 7.20. The lowest BCUT2D eigenvalue weighted by molar-refractivity contribution is 0.102. The first-order valence-electron chi connectivity index (χ1n) is 5.71. The molecule has 104 valence electrons. The topological polar surface area (TPSA) is 64.3 Å². The fraction of sp³-hybridized carbons (Fsp3) is 0.0714. The van der Waals surface area contributed by atoms with E-state index in [0.717, 1.165) is 18.2 Å². The number of hydrogen-bond donors (Lipinski definition) is 2. The highest BCUT2D eigenvalue weighted by Crippen LogP contribution is 2.23. The van der Waals surface area contributed by atoms with E-state index in [9.17, 15) is 13.6 Å². The first-order chi connectivity index (χ1) is 9.51. The highest BCUT2D eigenvalue weighted by atomic mass is 19.1. The van der Waals surface area contributed by atoms with Gasteiger partial charge in [0.1, 0.15) is 17.4 Å². The summed E-state index contributed by atoms with van der Waals surface area (Å²) in [6.45, 7) is 0. The first kappa shape index (κ1) is 13.8. The van der Waals surface area contributed by atoms with Crippen LogP contribution < -0.4 is 15.8 Å². The Kier molecular flexibility index (Phi) is 3.84. The molecule has 3 N–H and O–H groups in total. The molecule has 20 heavy (non-hydrogen) atoms. The minimum absolute atomic E-state index is 0.215. The monoisotopic (exact) mass is 278 g/mol. The molecule has 0 bridgehead atoms. The lowest BCUT2D eigenvalue weighted by Crippen LogP contribution is -2.13. The average molecular weight is 278 g/mol. The van der Waals surface area contributed by atoms with Gasteiger partial charge in [0.05, 0.1) is 18.5 Å². The van der Waals surface area contributed by atoms with Gasteiger partial charge in [0, 0.05) is 11.6 Å². The van der Waals surface area contributed by atoms with Crippen molar-refractivity contribution in [3.63, 3.8) is 0 Å². The summed E-state index contributed by atoms with van der Waals surface area (Å²) in [6.07, 6.45) is 0. The minimum atomic E-state index is -0.721. The van der Waals surface area contributed by atoms with Crippen LogP contribution in [0.2, 0.25) is 0 Å². The van der Waals surface area contributed by atoms with Crippen LogP contribution in [0.4, 0.5) is 20.2 Å². The number of carbonyl (C=O) groups is 1. The van der Waals surface area contributed by atoms with E-state index in [1.807, 2.05) is 0 Å². The normalized spacial score (nSPS) is 10.2. The van der Waals surface area contributed by atoms with Gasteiger partial charge in [-0.15, -0.1) is 0 Å². The lowest BCUT2D eigenvalue weighted by atomic mass is 10.1. The molecule has 2 aromatic carbocycles. The van der Waals surface area contributed by atoms with Crippen LogP contribution in [-0.2, 0) is 0 Å². The van der Waals surface area contributed by atoms with Crippen molar-refractivity contribution in [1.29, 1.82) is 0 Å². The zero-order chi connectivity index (χ0) is 14.7. The zero-order valence-corrected chi connectivity index (χ0v) is 10.6. The lowest BCUT2D eigenvalue weighted by Gasteiger charge is -2.09. The summed E-state index contributed by atoms with van der Waals surface area (Å²) in [7, 11) is 1.45. The second kappa shape index (κ2) is 5.56. The number of carbonyl (C=O) groups excluding carboxylic acids is 1. The number of benzene rings is 2. The van der Waals surface area contributed by atoms with Gasteiger partial charge in [0.2, 0.25) is 0 Å². The van der Waals surface area contributed by atoms with Gasteiger partial charge in [-0.25, -0.2) is 8.78 Å². The molecular formula is C14H12F2N2O2. The molecular weight excluding hydrogens is 266 g/mol. The van der Waals surface area contributed by atoms with E-state index in [1.165, 1.54) is 25.3 Å². The van der Waals surface area contributed by atoms with Crippen molar-refractivity contribution in [1.82, 2.24) is 0 Å². The molecule has 6 heteroatoms. The van der Waals surface area contributed by atoms with Gasteiger partial charge < -0.3 is 15.8 Å². The number of anilines is 2. The Labute approximate surface area is 114 Å². The Morgan fingerprint density at radius 2 is 1.95 bits per heavy atom. The molecule has 0 fully saturated rings. The van der Waals surface area contributed by atoms with E-state index < -0.39 is 17.5 Å². The highest BCUT2D eigenvalue weighted by molar-refractivity contribution is 6.05. The van der Waals surface area contributed by atoms with E-state index in [0.29, 0.717) is 5.75 Å². The average Bonchev–Trinajstić information content (AvgIpc) is 2.42. The van der Waals surface area contributed by atoms with E-state index in [1.54, 1.807) is 0 Å². The van der Waals surface area contributed by atoms with Crippen molar-refractivity contribution < 1.29 is 18.3 Å². The van der Waals surface area contributed by atoms with Crippen LogP contribution in [0.25, 0.3) is 0 Å². The summed E-state index contributed by atoms with van der Waals surface area (Å²) >= 11 is 0. The number of nitrogens with two attached hydrogens (primary N) is 1. The molecule has 0 spiro atoms. The maximum Gasteiger partial charge on any atom is 0.255 e. The van der Waals surface area contributed by atoms with Crippen molar-refractivity contribution in [2.45, 2.75) is 0 Å². The number of nitrogens with one attached hydrogen (secondary N) is 1. The third kappa shape index (κ3) is 2.85. The van der Waals surface area contributed by atoms with E-state index in [4.69, 9.17) is 10.5 Å².